The van der Waals surface area contributed by atoms with Gasteiger partial charge in [0.2, 0.25) is 0 Å². The number of rotatable bonds is 0. The van der Waals surface area contributed by atoms with Crippen molar-refractivity contribution in [3.63, 3.8) is 0 Å². The number of halogens is 1. The van der Waals surface area contributed by atoms with E-state index in [4.69, 9.17) is 0 Å². The molecule has 1 heterocycles. The van der Waals surface area contributed by atoms with E-state index >= 15 is 0 Å². The van der Waals surface area contributed by atoms with E-state index in [1.807, 2.05) is 0 Å². The molecule has 1 aliphatic rings. The van der Waals surface area contributed by atoms with E-state index in [0.717, 1.165) is 0 Å². The Balaban J connectivity index is 2.22. The Labute approximate surface area is 77.0 Å². The van der Waals surface area contributed by atoms with Crippen LogP contribution in [0.1, 0.15) is 24.2 Å². The van der Waals surface area contributed by atoms with Gasteiger partial charge in [0, 0.05) is 5.92 Å². The average Bonchev–Trinajstić information content (AvgIpc) is 2.91. The Morgan fingerprint density at radius 3 is 2.85 bits per heavy atom. The second kappa shape index (κ2) is 3.18. The predicted octanol–water partition coefficient (Wildman–Crippen LogP) is 2.29. The minimum absolute atomic E-state index is 0.267. The smallest absolute Gasteiger partial charge is 0.144 e. The van der Waals surface area contributed by atoms with Gasteiger partial charge >= 0.3 is 0 Å². The molecule has 2 rings (SSSR count). The maximum atomic E-state index is 12.8. The van der Waals surface area contributed by atoms with Crippen LogP contribution < -0.4 is 0 Å². The first-order valence-corrected chi connectivity index (χ1v) is 4.40. The summed E-state index contributed by atoms with van der Waals surface area (Å²) in [6.45, 7) is 1.65. The molecule has 1 saturated carbocycles. The van der Waals surface area contributed by atoms with Crippen molar-refractivity contribution in [2.24, 2.45) is 5.92 Å². The molecule has 0 bridgehead atoms. The molecule has 0 atom stereocenters. The maximum absolute atomic E-state index is 12.8. The van der Waals surface area contributed by atoms with Crippen molar-refractivity contribution in [3.05, 3.63) is 29.3 Å². The zero-order valence-corrected chi connectivity index (χ0v) is 7.47. The first kappa shape index (κ1) is 8.25. The SMILES string of the molecule is Cc1nc(C#CC2CC2)ccc1F. The molecule has 2 heteroatoms. The van der Waals surface area contributed by atoms with Crippen molar-refractivity contribution in [1.29, 1.82) is 0 Å². The summed E-state index contributed by atoms with van der Waals surface area (Å²) in [5.41, 5.74) is 1.09. The fourth-order valence-corrected chi connectivity index (χ4v) is 1.02. The molecule has 66 valence electrons. The summed E-state index contributed by atoms with van der Waals surface area (Å²) in [4.78, 5) is 4.02. The summed E-state index contributed by atoms with van der Waals surface area (Å²) >= 11 is 0. The second-order valence-electron chi connectivity index (χ2n) is 3.31. The lowest BCUT2D eigenvalue weighted by molar-refractivity contribution is 0.609. The highest BCUT2D eigenvalue weighted by molar-refractivity contribution is 5.30. The predicted molar refractivity (Wildman–Crippen MR) is 48.5 cm³/mol. The molecule has 1 nitrogen and oxygen atoms in total. The van der Waals surface area contributed by atoms with Crippen LogP contribution in [0.5, 0.6) is 0 Å². The van der Waals surface area contributed by atoms with Crippen LogP contribution in [0.4, 0.5) is 4.39 Å². The highest BCUT2D eigenvalue weighted by atomic mass is 19.1. The fourth-order valence-electron chi connectivity index (χ4n) is 1.02. The van der Waals surface area contributed by atoms with E-state index in [1.165, 1.54) is 18.9 Å². The fraction of sp³-hybridized carbons (Fsp3) is 0.364. The van der Waals surface area contributed by atoms with Gasteiger partial charge in [0.05, 0.1) is 5.69 Å². The van der Waals surface area contributed by atoms with Gasteiger partial charge in [-0.05, 0) is 37.8 Å². The number of hydrogen-bond acceptors (Lipinski definition) is 1. The summed E-state index contributed by atoms with van der Waals surface area (Å²) in [7, 11) is 0. The first-order chi connectivity index (χ1) is 6.25. The van der Waals surface area contributed by atoms with Crippen LogP contribution in [0.3, 0.4) is 0 Å². The molecule has 1 aliphatic carbocycles. The zero-order valence-electron chi connectivity index (χ0n) is 7.47. The van der Waals surface area contributed by atoms with Crippen LogP contribution in [-0.2, 0) is 0 Å². The minimum atomic E-state index is -0.267. The maximum Gasteiger partial charge on any atom is 0.144 e. The number of nitrogens with zero attached hydrogens (tertiary/aromatic N) is 1. The lowest BCUT2D eigenvalue weighted by Gasteiger charge is -1.94. The highest BCUT2D eigenvalue weighted by Crippen LogP contribution is 2.27. The summed E-state index contributed by atoms with van der Waals surface area (Å²) in [5, 5.41) is 0. The van der Waals surface area contributed by atoms with E-state index in [2.05, 4.69) is 16.8 Å². The normalized spacial score (nSPS) is 14.9. The number of aromatic nitrogens is 1. The molecule has 1 aromatic heterocycles. The molecule has 1 aromatic rings. The highest BCUT2D eigenvalue weighted by Gasteiger charge is 2.17. The third kappa shape index (κ3) is 2.06. The molecule has 0 aromatic carbocycles. The molecule has 0 spiro atoms. The van der Waals surface area contributed by atoms with E-state index in [-0.39, 0.29) is 5.82 Å². The van der Waals surface area contributed by atoms with Crippen molar-refractivity contribution < 1.29 is 4.39 Å². The molecule has 13 heavy (non-hydrogen) atoms. The Bertz CT molecular complexity index is 383. The first-order valence-electron chi connectivity index (χ1n) is 4.40. The molecular weight excluding hydrogens is 165 g/mol. The monoisotopic (exact) mass is 175 g/mol. The van der Waals surface area contributed by atoms with Gasteiger partial charge in [-0.2, -0.15) is 0 Å². The Morgan fingerprint density at radius 2 is 2.23 bits per heavy atom. The minimum Gasteiger partial charge on any atom is -0.242 e. The number of pyridine rings is 1. The van der Waals surface area contributed by atoms with Crippen LogP contribution in [0.25, 0.3) is 0 Å². The van der Waals surface area contributed by atoms with Gasteiger partial charge in [0.25, 0.3) is 0 Å². The molecule has 0 N–H and O–H groups in total. The molecule has 0 radical (unpaired) electrons. The van der Waals surface area contributed by atoms with Crippen LogP contribution in [0.15, 0.2) is 12.1 Å². The van der Waals surface area contributed by atoms with Gasteiger partial charge < -0.3 is 0 Å². The Morgan fingerprint density at radius 1 is 1.46 bits per heavy atom. The molecule has 1 fully saturated rings. The van der Waals surface area contributed by atoms with Crippen molar-refractivity contribution >= 4 is 0 Å². The van der Waals surface area contributed by atoms with Gasteiger partial charge in [-0.15, -0.1) is 0 Å². The van der Waals surface area contributed by atoms with Crippen molar-refractivity contribution in [1.82, 2.24) is 4.98 Å². The van der Waals surface area contributed by atoms with E-state index in [0.29, 0.717) is 17.3 Å². The summed E-state index contributed by atoms with van der Waals surface area (Å²) in [5.74, 6) is 6.33. The van der Waals surface area contributed by atoms with E-state index < -0.39 is 0 Å². The van der Waals surface area contributed by atoms with Crippen LogP contribution in [0, 0.1) is 30.5 Å². The number of hydrogen-bond donors (Lipinski definition) is 0. The average molecular weight is 175 g/mol. The second-order valence-corrected chi connectivity index (χ2v) is 3.31. The van der Waals surface area contributed by atoms with Crippen molar-refractivity contribution in [2.75, 3.05) is 0 Å². The largest absolute Gasteiger partial charge is 0.242 e. The zero-order chi connectivity index (χ0) is 9.26. The molecular formula is C11H10FN. The van der Waals surface area contributed by atoms with Gasteiger partial charge in [0.1, 0.15) is 11.5 Å². The molecule has 0 amide bonds. The van der Waals surface area contributed by atoms with Gasteiger partial charge in [-0.3, -0.25) is 0 Å². The number of aryl methyl sites for hydroxylation is 1. The third-order valence-corrected chi connectivity index (χ3v) is 2.00. The molecule has 0 aliphatic heterocycles. The van der Waals surface area contributed by atoms with Crippen LogP contribution in [0.2, 0.25) is 0 Å². The summed E-state index contributed by atoms with van der Waals surface area (Å²) < 4.78 is 12.8. The standard InChI is InChI=1S/C11H10FN/c1-8-11(12)7-6-10(13-8)5-4-9-2-3-9/h6-7,9H,2-3H2,1H3. The van der Waals surface area contributed by atoms with Crippen LogP contribution in [-0.4, -0.2) is 4.98 Å². The van der Waals surface area contributed by atoms with Crippen molar-refractivity contribution in [3.8, 4) is 11.8 Å². The Hall–Kier alpha value is -1.36. The molecule has 0 unspecified atom stereocenters. The third-order valence-electron chi connectivity index (χ3n) is 2.00. The lowest BCUT2D eigenvalue weighted by atomic mass is 10.3. The Kier molecular flexibility index (Phi) is 2.02. The lowest BCUT2D eigenvalue weighted by Crippen LogP contribution is -1.90. The van der Waals surface area contributed by atoms with Gasteiger partial charge in [-0.1, -0.05) is 5.92 Å². The van der Waals surface area contributed by atoms with Gasteiger partial charge in [-0.25, -0.2) is 9.37 Å². The summed E-state index contributed by atoms with van der Waals surface area (Å²) in [6.07, 6.45) is 2.40. The summed E-state index contributed by atoms with van der Waals surface area (Å²) in [6, 6.07) is 3.04. The van der Waals surface area contributed by atoms with E-state index in [1.54, 1.807) is 13.0 Å². The van der Waals surface area contributed by atoms with Crippen molar-refractivity contribution in [2.45, 2.75) is 19.8 Å². The van der Waals surface area contributed by atoms with Gasteiger partial charge in [0.15, 0.2) is 0 Å². The quantitative estimate of drug-likeness (QED) is 0.551. The topological polar surface area (TPSA) is 12.9 Å². The molecule has 0 saturated heterocycles. The van der Waals surface area contributed by atoms with E-state index in [9.17, 15) is 4.39 Å². The van der Waals surface area contributed by atoms with Crippen LogP contribution >= 0.6 is 0 Å².